The van der Waals surface area contributed by atoms with Gasteiger partial charge in [0.1, 0.15) is 5.82 Å². The summed E-state index contributed by atoms with van der Waals surface area (Å²) < 4.78 is 14.0. The molecule has 37 heavy (non-hydrogen) atoms. The summed E-state index contributed by atoms with van der Waals surface area (Å²) in [6.45, 7) is 18.8. The van der Waals surface area contributed by atoms with Crippen LogP contribution in [-0.2, 0) is 14.7 Å². The Bertz CT molecular complexity index is 1250. The van der Waals surface area contributed by atoms with Crippen molar-refractivity contribution in [1.82, 2.24) is 9.78 Å². The molecule has 1 aromatic heterocycles. The van der Waals surface area contributed by atoms with Gasteiger partial charge in [-0.1, -0.05) is 58.9 Å². The molecular weight excluding hydrogens is 463 g/mol. The molecule has 3 aromatic rings. The largest absolute Gasteiger partial charge is 0.494 e. The number of anilines is 2. The van der Waals surface area contributed by atoms with Crippen LogP contribution in [0.2, 0.25) is 0 Å². The first-order chi connectivity index (χ1) is 17.2. The van der Waals surface area contributed by atoms with Gasteiger partial charge in [0, 0.05) is 20.0 Å². The van der Waals surface area contributed by atoms with Gasteiger partial charge in [0.05, 0.1) is 22.6 Å². The van der Waals surface area contributed by atoms with E-state index in [1.165, 1.54) is 5.56 Å². The molecule has 2 N–H and O–H groups in total. The van der Waals surface area contributed by atoms with E-state index in [1.54, 1.807) is 4.68 Å². The van der Waals surface area contributed by atoms with Gasteiger partial charge in [-0.15, -0.1) is 0 Å². The quantitative estimate of drug-likeness (QED) is 0.376. The molecule has 8 heteroatoms. The predicted octanol–water partition coefficient (Wildman–Crippen LogP) is 6.73. The van der Waals surface area contributed by atoms with E-state index in [9.17, 15) is 4.79 Å². The van der Waals surface area contributed by atoms with Crippen molar-refractivity contribution in [1.29, 1.82) is 0 Å². The lowest BCUT2D eigenvalue weighted by molar-refractivity contribution is 0.00578. The molecule has 0 atom stereocenters. The minimum atomic E-state index is -0.444. The second kappa shape index (κ2) is 9.65. The van der Waals surface area contributed by atoms with Gasteiger partial charge in [-0.05, 0) is 68.9 Å². The summed E-state index contributed by atoms with van der Waals surface area (Å²) in [7, 11) is -0.444. The first kappa shape index (κ1) is 27.0. The molecule has 2 heterocycles. The third-order valence-corrected chi connectivity index (χ3v) is 7.22. The molecule has 7 nitrogen and oxygen atoms in total. The number of urea groups is 1. The van der Waals surface area contributed by atoms with Crippen LogP contribution in [0, 0.1) is 0 Å². The molecule has 0 saturated carbocycles. The Morgan fingerprint density at radius 1 is 0.946 bits per heavy atom. The second-order valence-corrected chi connectivity index (χ2v) is 12.1. The van der Waals surface area contributed by atoms with Gasteiger partial charge in [-0.2, -0.15) is 5.10 Å². The van der Waals surface area contributed by atoms with E-state index in [2.05, 4.69) is 57.4 Å². The highest BCUT2D eigenvalue weighted by molar-refractivity contribution is 6.62. The summed E-state index contributed by atoms with van der Waals surface area (Å²) in [4.78, 5) is 13.0. The van der Waals surface area contributed by atoms with Crippen molar-refractivity contribution in [2.24, 2.45) is 0 Å². The zero-order chi connectivity index (χ0) is 27.2. The molecule has 0 spiro atoms. The van der Waals surface area contributed by atoms with Crippen LogP contribution < -0.4 is 16.1 Å². The molecule has 0 bridgehead atoms. The van der Waals surface area contributed by atoms with Crippen molar-refractivity contribution in [3.63, 3.8) is 0 Å². The number of hydrogen-bond acceptors (Lipinski definition) is 4. The lowest BCUT2D eigenvalue weighted by Gasteiger charge is -2.32. The van der Waals surface area contributed by atoms with Crippen LogP contribution in [0.3, 0.4) is 0 Å². The first-order valence-corrected chi connectivity index (χ1v) is 12.9. The zero-order valence-electron chi connectivity index (χ0n) is 23.5. The summed E-state index contributed by atoms with van der Waals surface area (Å²) in [6, 6.07) is 17.4. The van der Waals surface area contributed by atoms with Gasteiger partial charge >= 0.3 is 13.1 Å². The molecule has 1 saturated heterocycles. The Labute approximate surface area is 224 Å². The fraction of sp³-hybridized carbons (Fsp3) is 0.448. The van der Waals surface area contributed by atoms with Crippen LogP contribution in [0.1, 0.15) is 82.3 Å². The number of nitrogens with zero attached hydrogens (tertiary/aromatic N) is 2. The summed E-state index contributed by atoms with van der Waals surface area (Å²) in [5.74, 6) is 1.05. The molecule has 1 aliphatic rings. The van der Waals surface area contributed by atoms with Gasteiger partial charge in [-0.3, -0.25) is 5.32 Å². The van der Waals surface area contributed by atoms with Crippen molar-refractivity contribution < 1.29 is 17.0 Å². The van der Waals surface area contributed by atoms with E-state index in [0.29, 0.717) is 17.4 Å². The summed E-state index contributed by atoms with van der Waals surface area (Å²) in [6.07, 6.45) is 0. The summed E-state index contributed by atoms with van der Waals surface area (Å²) >= 11 is 0. The van der Waals surface area contributed by atoms with Crippen molar-refractivity contribution in [3.8, 4) is 5.69 Å². The third kappa shape index (κ3) is 5.75. The lowest BCUT2D eigenvalue weighted by atomic mass is 9.79. The maximum absolute atomic E-state index is 13.0. The molecule has 1 fully saturated rings. The maximum atomic E-state index is 13.0. The zero-order valence-corrected chi connectivity index (χ0v) is 23.5. The monoisotopic (exact) mass is 506 g/mol. The van der Waals surface area contributed by atoms with Crippen molar-refractivity contribution in [3.05, 3.63) is 65.9 Å². The number of benzene rings is 2. The van der Waals surface area contributed by atoms with Crippen LogP contribution in [0.15, 0.2) is 54.6 Å². The highest BCUT2D eigenvalue weighted by Gasteiger charge is 2.51. The second-order valence-electron chi connectivity index (χ2n) is 12.1. The van der Waals surface area contributed by atoms with Gasteiger partial charge < -0.3 is 14.6 Å². The van der Waals surface area contributed by atoms with Crippen LogP contribution in [-0.4, -0.2) is 34.1 Å². The van der Waals surface area contributed by atoms with Crippen molar-refractivity contribution in [2.75, 3.05) is 10.6 Å². The smallest absolute Gasteiger partial charge is 0.399 e. The fourth-order valence-electron chi connectivity index (χ4n) is 4.02. The Morgan fingerprint density at radius 3 is 2.03 bits per heavy atom. The Hall–Kier alpha value is -3.10. The number of carbonyl (C=O) groups excluding carboxylic acids is 1. The van der Waals surface area contributed by atoms with Crippen molar-refractivity contribution in [2.45, 2.75) is 84.8 Å². The summed E-state index contributed by atoms with van der Waals surface area (Å²) in [5, 5.41) is 10.7. The lowest BCUT2D eigenvalue weighted by Crippen LogP contribution is -2.41. The Kier molecular flexibility index (Phi) is 7.03. The number of nitrogens with one attached hydrogen (secondary N) is 2. The van der Waals surface area contributed by atoms with E-state index >= 15 is 0 Å². The maximum Gasteiger partial charge on any atom is 0.494 e. The summed E-state index contributed by atoms with van der Waals surface area (Å²) in [5.41, 5.74) is 3.63. The molecule has 0 aliphatic carbocycles. The van der Waals surface area contributed by atoms with E-state index in [1.807, 2.05) is 70.2 Å². The number of hydrogen-bond donors (Lipinski definition) is 2. The molecule has 2 aromatic carbocycles. The number of rotatable bonds is 5. The van der Waals surface area contributed by atoms with Crippen LogP contribution in [0.25, 0.3) is 5.69 Å². The van der Waals surface area contributed by atoms with E-state index in [-0.39, 0.29) is 14.3 Å². The van der Waals surface area contributed by atoms with Gasteiger partial charge in [0.2, 0.25) is 0 Å². The molecule has 0 unspecified atom stereocenters. The van der Waals surface area contributed by atoms with Gasteiger partial charge in [0.25, 0.3) is 0 Å². The van der Waals surface area contributed by atoms with Gasteiger partial charge in [0.15, 0.2) is 0 Å². The minimum absolute atomic E-state index is 0. The molecule has 0 radical (unpaired) electrons. The van der Waals surface area contributed by atoms with E-state index in [4.69, 9.17) is 14.4 Å². The molecular formula is C29H43BN4O3. The van der Waals surface area contributed by atoms with Crippen LogP contribution >= 0.6 is 0 Å². The molecule has 2 amide bonds. The molecule has 200 valence electrons. The molecule has 4 rings (SSSR count). The average Bonchev–Trinajstić information content (AvgIpc) is 3.31. The Balaban J connectivity index is 0.00000267. The van der Waals surface area contributed by atoms with E-state index in [0.717, 1.165) is 16.8 Å². The van der Waals surface area contributed by atoms with Crippen molar-refractivity contribution >= 4 is 30.1 Å². The normalized spacial score (nSPS) is 16.8. The van der Waals surface area contributed by atoms with Gasteiger partial charge in [-0.25, -0.2) is 9.48 Å². The highest BCUT2D eigenvalue weighted by atomic mass is 16.7. The van der Waals surface area contributed by atoms with Crippen LogP contribution in [0.5, 0.6) is 0 Å². The average molecular weight is 507 g/mol. The predicted molar refractivity (Wildman–Crippen MR) is 155 cm³/mol. The third-order valence-electron chi connectivity index (χ3n) is 7.22. The highest BCUT2D eigenvalue weighted by Crippen LogP contribution is 2.36. The fourth-order valence-corrected chi connectivity index (χ4v) is 4.02. The first-order valence-electron chi connectivity index (χ1n) is 12.9. The Morgan fingerprint density at radius 2 is 1.51 bits per heavy atom. The van der Waals surface area contributed by atoms with Crippen LogP contribution in [0.4, 0.5) is 16.3 Å². The SMILES string of the molecule is CC(C)c1ccc(-n2nc(C(C)(C)C)cc2NC(=O)Nc2ccc(B3OC(C)(C)C(C)(C)O3)cc2)cc1.[HH].[HH]. The minimum Gasteiger partial charge on any atom is -0.399 e. The number of aromatic nitrogens is 2. The number of amides is 2. The number of carbonyl (C=O) groups is 1. The molecule has 1 aliphatic heterocycles. The standard InChI is InChI=1S/C29H39BN4O3.2H2/c1-19(2)20-10-16-23(17-11-20)34-25(18-24(33-34)27(3,4)5)32-26(35)31-22-14-12-21(13-15-22)30-36-28(6,7)29(8,9)37-30;;/h10-19H,1-9H3,(H2,31,32,35);2*1H. The van der Waals surface area contributed by atoms with E-state index < -0.39 is 18.3 Å². The topological polar surface area (TPSA) is 77.4 Å².